The van der Waals surface area contributed by atoms with Crippen molar-refractivity contribution < 1.29 is 0 Å². The van der Waals surface area contributed by atoms with Gasteiger partial charge < -0.3 is 4.90 Å². The quantitative estimate of drug-likeness (QED) is 0.737. The first-order chi connectivity index (χ1) is 10.4. The van der Waals surface area contributed by atoms with Gasteiger partial charge in [0.2, 0.25) is 0 Å². The predicted molar refractivity (Wildman–Crippen MR) is 87.8 cm³/mol. The van der Waals surface area contributed by atoms with Gasteiger partial charge in [-0.15, -0.1) is 0 Å². The molecular weight excluding hydrogens is 258 g/mol. The minimum absolute atomic E-state index is 0.999. The number of hydrogen-bond acceptors (Lipinski definition) is 2. The van der Waals surface area contributed by atoms with E-state index in [2.05, 4.69) is 76.6 Å². The van der Waals surface area contributed by atoms with Gasteiger partial charge in [0, 0.05) is 29.7 Å². The highest BCUT2D eigenvalue weighted by Gasteiger charge is 2.09. The minimum Gasteiger partial charge on any atom is -0.341 e. The molecule has 3 aromatic rings. The summed E-state index contributed by atoms with van der Waals surface area (Å²) in [6.45, 7) is 3.20. The monoisotopic (exact) mass is 277 g/mol. The summed E-state index contributed by atoms with van der Waals surface area (Å²) in [5.41, 5.74) is 4.73. The molecule has 0 radical (unpaired) electrons. The molecular formula is C18H19N3. The number of H-pyrrole nitrogens is 1. The smallest absolute Gasteiger partial charge is 0.0565 e. The number of nitrogens with zero attached hydrogens (tertiary/aromatic N) is 2. The van der Waals surface area contributed by atoms with Crippen molar-refractivity contribution in [2.75, 3.05) is 11.4 Å². The zero-order valence-electron chi connectivity index (χ0n) is 12.2. The molecule has 0 aliphatic rings. The van der Waals surface area contributed by atoms with Gasteiger partial charge in [0.05, 0.1) is 6.20 Å². The maximum atomic E-state index is 4.03. The van der Waals surface area contributed by atoms with Crippen molar-refractivity contribution >= 4 is 11.4 Å². The molecule has 3 heteroatoms. The van der Waals surface area contributed by atoms with Crippen LogP contribution in [0.15, 0.2) is 67.0 Å². The SMILES string of the molecule is CCCN(c1ccccc1)c1cccc(-c2cn[nH]c2)c1. The van der Waals surface area contributed by atoms with Gasteiger partial charge in [0.25, 0.3) is 0 Å². The van der Waals surface area contributed by atoms with Crippen molar-refractivity contribution in [1.82, 2.24) is 10.2 Å². The van der Waals surface area contributed by atoms with Crippen molar-refractivity contribution in [2.24, 2.45) is 0 Å². The Balaban J connectivity index is 1.98. The van der Waals surface area contributed by atoms with E-state index in [4.69, 9.17) is 0 Å². The summed E-state index contributed by atoms with van der Waals surface area (Å²) in [7, 11) is 0. The highest BCUT2D eigenvalue weighted by molar-refractivity contribution is 5.71. The summed E-state index contributed by atoms with van der Waals surface area (Å²) >= 11 is 0. The van der Waals surface area contributed by atoms with E-state index in [1.807, 2.05) is 12.4 Å². The highest BCUT2D eigenvalue weighted by atomic mass is 15.1. The Labute approximate surface area is 125 Å². The second kappa shape index (κ2) is 6.27. The van der Waals surface area contributed by atoms with Crippen LogP contribution in [0.25, 0.3) is 11.1 Å². The Hall–Kier alpha value is -2.55. The zero-order chi connectivity index (χ0) is 14.5. The number of anilines is 2. The average Bonchev–Trinajstić information content (AvgIpc) is 3.08. The van der Waals surface area contributed by atoms with Crippen LogP contribution in [0.1, 0.15) is 13.3 Å². The molecule has 0 unspecified atom stereocenters. The number of aromatic nitrogens is 2. The third-order valence-corrected chi connectivity index (χ3v) is 3.50. The standard InChI is InChI=1S/C18H19N3/c1-2-11-21(17-8-4-3-5-9-17)18-10-6-7-15(12-18)16-13-19-20-14-16/h3-10,12-14H,2,11H2,1H3,(H,19,20). The molecule has 3 rings (SSSR count). The number of hydrogen-bond donors (Lipinski definition) is 1. The van der Waals surface area contributed by atoms with Gasteiger partial charge in [0.15, 0.2) is 0 Å². The molecule has 0 aliphatic carbocycles. The fourth-order valence-corrected chi connectivity index (χ4v) is 2.50. The zero-order valence-corrected chi connectivity index (χ0v) is 12.2. The molecule has 0 bridgehead atoms. The van der Waals surface area contributed by atoms with Gasteiger partial charge >= 0.3 is 0 Å². The molecule has 0 spiro atoms. The lowest BCUT2D eigenvalue weighted by atomic mass is 10.1. The largest absolute Gasteiger partial charge is 0.341 e. The molecule has 0 atom stereocenters. The first-order valence-corrected chi connectivity index (χ1v) is 7.30. The molecule has 1 heterocycles. The van der Waals surface area contributed by atoms with E-state index in [1.54, 1.807) is 0 Å². The lowest BCUT2D eigenvalue weighted by molar-refractivity contribution is 0.886. The van der Waals surface area contributed by atoms with Crippen LogP contribution in [-0.2, 0) is 0 Å². The van der Waals surface area contributed by atoms with Crippen LogP contribution in [0.4, 0.5) is 11.4 Å². The van der Waals surface area contributed by atoms with Crippen LogP contribution in [0.3, 0.4) is 0 Å². The van der Waals surface area contributed by atoms with Gasteiger partial charge in [-0.1, -0.05) is 37.3 Å². The summed E-state index contributed by atoms with van der Waals surface area (Å²) in [5, 5.41) is 6.90. The molecule has 1 N–H and O–H groups in total. The Morgan fingerprint density at radius 1 is 0.952 bits per heavy atom. The van der Waals surface area contributed by atoms with Crippen molar-refractivity contribution in [2.45, 2.75) is 13.3 Å². The van der Waals surface area contributed by atoms with Gasteiger partial charge in [0.1, 0.15) is 0 Å². The fraction of sp³-hybridized carbons (Fsp3) is 0.167. The number of benzene rings is 2. The van der Waals surface area contributed by atoms with E-state index in [1.165, 1.54) is 16.9 Å². The third kappa shape index (κ3) is 2.97. The second-order valence-corrected chi connectivity index (χ2v) is 5.02. The summed E-state index contributed by atoms with van der Waals surface area (Å²) in [6.07, 6.45) is 4.88. The molecule has 0 fully saturated rings. The van der Waals surface area contributed by atoms with E-state index < -0.39 is 0 Å². The van der Waals surface area contributed by atoms with Gasteiger partial charge in [-0.3, -0.25) is 5.10 Å². The lowest BCUT2D eigenvalue weighted by Gasteiger charge is -2.25. The van der Waals surface area contributed by atoms with Crippen LogP contribution in [0.5, 0.6) is 0 Å². The lowest BCUT2D eigenvalue weighted by Crippen LogP contribution is -2.17. The first-order valence-electron chi connectivity index (χ1n) is 7.30. The van der Waals surface area contributed by atoms with Crippen molar-refractivity contribution in [3.05, 3.63) is 67.0 Å². The van der Waals surface area contributed by atoms with Crippen LogP contribution in [-0.4, -0.2) is 16.7 Å². The highest BCUT2D eigenvalue weighted by Crippen LogP contribution is 2.29. The number of aromatic amines is 1. The van der Waals surface area contributed by atoms with E-state index in [0.29, 0.717) is 0 Å². The predicted octanol–water partition coefficient (Wildman–Crippen LogP) is 4.62. The summed E-state index contributed by atoms with van der Waals surface area (Å²) < 4.78 is 0. The van der Waals surface area contributed by atoms with Gasteiger partial charge in [-0.05, 0) is 36.2 Å². The topological polar surface area (TPSA) is 31.9 Å². The van der Waals surface area contributed by atoms with Crippen molar-refractivity contribution in [3.63, 3.8) is 0 Å². The molecule has 106 valence electrons. The second-order valence-electron chi connectivity index (χ2n) is 5.02. The fourth-order valence-electron chi connectivity index (χ4n) is 2.50. The molecule has 2 aromatic carbocycles. The summed E-state index contributed by atoms with van der Waals surface area (Å²) in [4.78, 5) is 2.35. The van der Waals surface area contributed by atoms with Crippen LogP contribution in [0.2, 0.25) is 0 Å². The van der Waals surface area contributed by atoms with Crippen LogP contribution < -0.4 is 4.90 Å². The normalized spacial score (nSPS) is 10.5. The maximum absolute atomic E-state index is 4.03. The summed E-state index contributed by atoms with van der Waals surface area (Å²) in [5.74, 6) is 0. The van der Waals surface area contributed by atoms with Crippen molar-refractivity contribution in [1.29, 1.82) is 0 Å². The third-order valence-electron chi connectivity index (χ3n) is 3.50. The summed E-state index contributed by atoms with van der Waals surface area (Å²) in [6, 6.07) is 19.1. The van der Waals surface area contributed by atoms with Crippen LogP contribution >= 0.6 is 0 Å². The molecule has 1 aromatic heterocycles. The molecule has 0 saturated heterocycles. The molecule has 3 nitrogen and oxygen atoms in total. The maximum Gasteiger partial charge on any atom is 0.0565 e. The Morgan fingerprint density at radius 3 is 2.48 bits per heavy atom. The Kier molecular flexibility index (Phi) is 4.01. The molecule has 0 saturated carbocycles. The van der Waals surface area contributed by atoms with E-state index >= 15 is 0 Å². The number of para-hydroxylation sites is 1. The van der Waals surface area contributed by atoms with Gasteiger partial charge in [-0.2, -0.15) is 5.10 Å². The van der Waals surface area contributed by atoms with E-state index in [-0.39, 0.29) is 0 Å². The number of rotatable bonds is 5. The Morgan fingerprint density at radius 2 is 1.76 bits per heavy atom. The molecule has 0 aliphatic heterocycles. The van der Waals surface area contributed by atoms with E-state index in [0.717, 1.165) is 18.5 Å². The van der Waals surface area contributed by atoms with Crippen molar-refractivity contribution in [3.8, 4) is 11.1 Å². The Bertz CT molecular complexity index is 675. The molecule has 0 amide bonds. The minimum atomic E-state index is 0.999. The van der Waals surface area contributed by atoms with Crippen LogP contribution in [0, 0.1) is 0 Å². The van der Waals surface area contributed by atoms with E-state index in [9.17, 15) is 0 Å². The molecule has 21 heavy (non-hydrogen) atoms. The van der Waals surface area contributed by atoms with Gasteiger partial charge in [-0.25, -0.2) is 0 Å². The number of nitrogens with one attached hydrogen (secondary N) is 1. The first kappa shape index (κ1) is 13.4. The average molecular weight is 277 g/mol.